The van der Waals surface area contributed by atoms with E-state index in [1.165, 1.54) is 6.20 Å². The Balaban J connectivity index is 3.21. The smallest absolute Gasteiger partial charge is 0.335 e. The predicted molar refractivity (Wildman–Crippen MR) is 53.6 cm³/mol. The van der Waals surface area contributed by atoms with Crippen molar-refractivity contribution >= 4 is 39.1 Å². The Bertz CT molecular complexity index is 378. The summed E-state index contributed by atoms with van der Waals surface area (Å²) in [5, 5.41) is 8.78. The van der Waals surface area contributed by atoms with Gasteiger partial charge in [-0.05, 0) is 22.0 Å². The van der Waals surface area contributed by atoms with Gasteiger partial charge in [-0.2, -0.15) is 0 Å². The van der Waals surface area contributed by atoms with Crippen LogP contribution in [0.4, 0.5) is 0 Å². The largest absolute Gasteiger partial charge is 0.478 e. The number of pyridine rings is 1. The molecular weight excluding hydrogens is 257 g/mol. The topological polar surface area (TPSA) is 50.2 Å². The van der Waals surface area contributed by atoms with Gasteiger partial charge in [-0.3, -0.25) is 0 Å². The van der Waals surface area contributed by atoms with E-state index in [1.807, 2.05) is 0 Å². The van der Waals surface area contributed by atoms with Gasteiger partial charge in [0.05, 0.1) is 5.57 Å². The fraction of sp³-hybridized carbons (Fsp3) is 0. The van der Waals surface area contributed by atoms with Gasteiger partial charge in [0, 0.05) is 16.2 Å². The molecule has 0 saturated heterocycles. The standard InChI is InChI=1S/C8H5BrClNO2/c1-4(8(12)13)6-2-5(9)3-11-7(6)10/h2-3H,1H2,(H,12,13). The third kappa shape index (κ3) is 2.29. The van der Waals surface area contributed by atoms with Crippen molar-refractivity contribution in [3.05, 3.63) is 34.0 Å². The minimum Gasteiger partial charge on any atom is -0.478 e. The first-order chi connectivity index (χ1) is 6.02. The minimum atomic E-state index is -1.11. The number of carboxylic acids is 1. The number of carbonyl (C=O) groups is 1. The second kappa shape index (κ2) is 3.89. The first kappa shape index (κ1) is 10.2. The molecule has 0 atom stereocenters. The summed E-state index contributed by atoms with van der Waals surface area (Å²) in [7, 11) is 0. The van der Waals surface area contributed by atoms with Crippen molar-refractivity contribution in [1.29, 1.82) is 0 Å². The van der Waals surface area contributed by atoms with Crippen LogP contribution in [0.2, 0.25) is 5.15 Å². The summed E-state index contributed by atoms with van der Waals surface area (Å²) in [6, 6.07) is 1.56. The highest BCUT2D eigenvalue weighted by molar-refractivity contribution is 9.10. The molecular formula is C8H5BrClNO2. The van der Waals surface area contributed by atoms with Gasteiger partial charge in [0.15, 0.2) is 0 Å². The summed E-state index contributed by atoms with van der Waals surface area (Å²) in [6.45, 7) is 3.38. The summed E-state index contributed by atoms with van der Waals surface area (Å²) in [5.74, 6) is -1.11. The first-order valence-electron chi connectivity index (χ1n) is 3.26. The summed E-state index contributed by atoms with van der Waals surface area (Å²) in [6.07, 6.45) is 1.49. The Morgan fingerprint density at radius 3 is 2.85 bits per heavy atom. The average Bonchev–Trinajstić information content (AvgIpc) is 2.08. The van der Waals surface area contributed by atoms with Crippen molar-refractivity contribution in [2.24, 2.45) is 0 Å². The van der Waals surface area contributed by atoms with Gasteiger partial charge in [-0.25, -0.2) is 9.78 Å². The van der Waals surface area contributed by atoms with Gasteiger partial charge < -0.3 is 5.11 Å². The zero-order valence-electron chi connectivity index (χ0n) is 6.42. The van der Waals surface area contributed by atoms with Crippen molar-refractivity contribution < 1.29 is 9.90 Å². The van der Waals surface area contributed by atoms with E-state index in [4.69, 9.17) is 16.7 Å². The highest BCUT2D eigenvalue weighted by Crippen LogP contribution is 2.23. The molecule has 0 saturated carbocycles. The maximum absolute atomic E-state index is 10.6. The van der Waals surface area contributed by atoms with Crippen LogP contribution >= 0.6 is 27.5 Å². The van der Waals surface area contributed by atoms with Crippen LogP contribution in [0.3, 0.4) is 0 Å². The van der Waals surface area contributed by atoms with Crippen molar-refractivity contribution in [3.63, 3.8) is 0 Å². The van der Waals surface area contributed by atoms with E-state index in [9.17, 15) is 4.79 Å². The molecule has 68 valence electrons. The van der Waals surface area contributed by atoms with E-state index in [0.29, 0.717) is 10.0 Å². The van der Waals surface area contributed by atoms with Crippen LogP contribution < -0.4 is 0 Å². The van der Waals surface area contributed by atoms with E-state index in [2.05, 4.69) is 27.5 Å². The normalized spacial score (nSPS) is 9.69. The quantitative estimate of drug-likeness (QED) is 0.658. The number of aromatic nitrogens is 1. The molecule has 5 heteroatoms. The van der Waals surface area contributed by atoms with E-state index < -0.39 is 5.97 Å². The lowest BCUT2D eigenvalue weighted by Crippen LogP contribution is -1.99. The molecule has 0 spiro atoms. The van der Waals surface area contributed by atoms with Crippen LogP contribution in [0, 0.1) is 0 Å². The number of hydrogen-bond donors (Lipinski definition) is 1. The Kier molecular flexibility index (Phi) is 3.06. The maximum atomic E-state index is 10.6. The second-order valence-corrected chi connectivity index (χ2v) is 3.55. The van der Waals surface area contributed by atoms with Gasteiger partial charge in [0.25, 0.3) is 0 Å². The molecule has 0 fully saturated rings. The summed E-state index contributed by atoms with van der Waals surface area (Å²) >= 11 is 8.84. The Morgan fingerprint density at radius 1 is 1.69 bits per heavy atom. The van der Waals surface area contributed by atoms with Gasteiger partial charge in [-0.15, -0.1) is 0 Å². The number of aliphatic carboxylic acids is 1. The summed E-state index contributed by atoms with van der Waals surface area (Å²) in [4.78, 5) is 14.3. The van der Waals surface area contributed by atoms with Gasteiger partial charge in [0.2, 0.25) is 0 Å². The van der Waals surface area contributed by atoms with Crippen molar-refractivity contribution in [2.45, 2.75) is 0 Å². The van der Waals surface area contributed by atoms with E-state index in [-0.39, 0.29) is 10.7 Å². The molecule has 0 aliphatic rings. The predicted octanol–water partition coefficient (Wildman–Crippen LogP) is 2.60. The van der Waals surface area contributed by atoms with Gasteiger partial charge >= 0.3 is 5.97 Å². The Hall–Kier alpha value is -0.870. The third-order valence-electron chi connectivity index (χ3n) is 1.39. The number of hydrogen-bond acceptors (Lipinski definition) is 2. The van der Waals surface area contributed by atoms with E-state index in [0.717, 1.165) is 0 Å². The number of nitrogens with zero attached hydrogens (tertiary/aromatic N) is 1. The molecule has 0 amide bonds. The third-order valence-corrected chi connectivity index (χ3v) is 2.12. The maximum Gasteiger partial charge on any atom is 0.335 e. The highest BCUT2D eigenvalue weighted by Gasteiger charge is 2.12. The zero-order valence-corrected chi connectivity index (χ0v) is 8.76. The molecule has 0 aliphatic carbocycles. The van der Waals surface area contributed by atoms with Crippen molar-refractivity contribution in [3.8, 4) is 0 Å². The van der Waals surface area contributed by atoms with E-state index in [1.54, 1.807) is 6.07 Å². The number of carboxylic acid groups (broad SMARTS) is 1. The van der Waals surface area contributed by atoms with Crippen molar-refractivity contribution in [1.82, 2.24) is 4.98 Å². The minimum absolute atomic E-state index is 0.0706. The summed E-state index contributed by atoms with van der Waals surface area (Å²) < 4.78 is 0.661. The Morgan fingerprint density at radius 2 is 2.31 bits per heavy atom. The lowest BCUT2D eigenvalue weighted by atomic mass is 10.1. The molecule has 1 aromatic heterocycles. The van der Waals surface area contributed by atoms with Crippen LogP contribution in [0.1, 0.15) is 5.56 Å². The molecule has 0 unspecified atom stereocenters. The molecule has 0 bridgehead atoms. The molecule has 13 heavy (non-hydrogen) atoms. The molecule has 0 aliphatic heterocycles. The number of halogens is 2. The van der Waals surface area contributed by atoms with Crippen LogP contribution in [-0.4, -0.2) is 16.1 Å². The molecule has 1 heterocycles. The summed E-state index contributed by atoms with van der Waals surface area (Å²) in [5.41, 5.74) is 0.252. The van der Waals surface area contributed by atoms with Gasteiger partial charge in [-0.1, -0.05) is 18.2 Å². The van der Waals surface area contributed by atoms with E-state index >= 15 is 0 Å². The van der Waals surface area contributed by atoms with Crippen LogP contribution in [0.5, 0.6) is 0 Å². The molecule has 3 nitrogen and oxygen atoms in total. The van der Waals surface area contributed by atoms with Gasteiger partial charge in [0.1, 0.15) is 5.15 Å². The molecule has 1 rings (SSSR count). The monoisotopic (exact) mass is 261 g/mol. The van der Waals surface area contributed by atoms with Crippen LogP contribution in [0.15, 0.2) is 23.3 Å². The zero-order chi connectivity index (χ0) is 10.0. The SMILES string of the molecule is C=C(C(=O)O)c1cc(Br)cnc1Cl. The fourth-order valence-corrected chi connectivity index (χ4v) is 1.30. The lowest BCUT2D eigenvalue weighted by Gasteiger charge is -2.02. The average molecular weight is 262 g/mol. The molecule has 0 radical (unpaired) electrons. The van der Waals surface area contributed by atoms with Crippen molar-refractivity contribution in [2.75, 3.05) is 0 Å². The lowest BCUT2D eigenvalue weighted by molar-refractivity contribution is -0.130. The molecule has 0 aromatic carbocycles. The highest BCUT2D eigenvalue weighted by atomic mass is 79.9. The Labute approximate surface area is 88.2 Å². The molecule has 1 aromatic rings. The molecule has 1 N–H and O–H groups in total. The number of rotatable bonds is 2. The van der Waals surface area contributed by atoms with Crippen LogP contribution in [-0.2, 0) is 4.79 Å². The van der Waals surface area contributed by atoms with Crippen LogP contribution in [0.25, 0.3) is 5.57 Å². The fourth-order valence-electron chi connectivity index (χ4n) is 0.749. The first-order valence-corrected chi connectivity index (χ1v) is 4.43. The second-order valence-electron chi connectivity index (χ2n) is 2.28.